The Morgan fingerprint density at radius 1 is 1.43 bits per heavy atom. The molecule has 0 fully saturated rings. The molecule has 0 aliphatic carbocycles. The van der Waals surface area contributed by atoms with Gasteiger partial charge in [-0.3, -0.25) is 0 Å². The van der Waals surface area contributed by atoms with E-state index in [2.05, 4.69) is 21.1 Å². The van der Waals surface area contributed by atoms with Crippen molar-refractivity contribution in [3.05, 3.63) is 34.3 Å². The van der Waals surface area contributed by atoms with E-state index < -0.39 is 0 Å². The Morgan fingerprint density at radius 2 is 2.21 bits per heavy atom. The van der Waals surface area contributed by atoms with Crippen molar-refractivity contribution in [1.29, 1.82) is 0 Å². The van der Waals surface area contributed by atoms with E-state index in [1.54, 1.807) is 6.07 Å². The highest BCUT2D eigenvalue weighted by molar-refractivity contribution is 9.10. The highest BCUT2D eigenvalue weighted by atomic mass is 79.9. The first-order valence-electron chi connectivity index (χ1n) is 4.16. The molecule has 1 aromatic heterocycles. The van der Waals surface area contributed by atoms with E-state index in [1.807, 2.05) is 25.1 Å². The van der Waals surface area contributed by atoms with Crippen LogP contribution >= 0.6 is 15.9 Å². The van der Waals surface area contributed by atoms with Crippen molar-refractivity contribution in [3.8, 4) is 11.3 Å². The van der Waals surface area contributed by atoms with Gasteiger partial charge in [0, 0.05) is 16.1 Å². The fourth-order valence-corrected chi connectivity index (χ4v) is 1.66. The van der Waals surface area contributed by atoms with Gasteiger partial charge in [-0.1, -0.05) is 33.2 Å². The quantitative estimate of drug-likeness (QED) is 0.849. The third-order valence-corrected chi connectivity index (χ3v) is 2.92. The van der Waals surface area contributed by atoms with Gasteiger partial charge in [-0.25, -0.2) is 0 Å². The fourth-order valence-electron chi connectivity index (χ4n) is 1.29. The van der Waals surface area contributed by atoms with Crippen molar-refractivity contribution in [2.24, 2.45) is 0 Å². The van der Waals surface area contributed by atoms with Gasteiger partial charge in [0.05, 0.1) is 0 Å². The normalized spacial score (nSPS) is 10.4. The van der Waals surface area contributed by atoms with Crippen LogP contribution in [0.3, 0.4) is 0 Å². The van der Waals surface area contributed by atoms with Gasteiger partial charge in [-0.2, -0.15) is 0 Å². The van der Waals surface area contributed by atoms with E-state index in [9.17, 15) is 0 Å². The molecule has 0 bridgehead atoms. The average Bonchev–Trinajstić information content (AvgIpc) is 2.57. The van der Waals surface area contributed by atoms with Gasteiger partial charge in [0.2, 0.25) is 0 Å². The Morgan fingerprint density at radius 3 is 2.86 bits per heavy atom. The number of halogens is 1. The summed E-state index contributed by atoms with van der Waals surface area (Å²) in [5.41, 5.74) is 7.61. The summed E-state index contributed by atoms with van der Waals surface area (Å²) in [5, 5.41) is 3.65. The molecule has 1 aromatic carbocycles. The Kier molecular flexibility index (Phi) is 2.29. The first-order valence-corrected chi connectivity index (χ1v) is 4.95. The van der Waals surface area contributed by atoms with Gasteiger partial charge in [-0.05, 0) is 18.6 Å². The second-order valence-electron chi connectivity index (χ2n) is 3.03. The van der Waals surface area contributed by atoms with E-state index in [0.29, 0.717) is 11.6 Å². The van der Waals surface area contributed by atoms with Crippen molar-refractivity contribution < 1.29 is 4.52 Å². The Balaban J connectivity index is 2.57. The molecule has 0 aliphatic rings. The highest BCUT2D eigenvalue weighted by Crippen LogP contribution is 2.29. The second kappa shape index (κ2) is 3.46. The van der Waals surface area contributed by atoms with E-state index in [0.717, 1.165) is 15.6 Å². The zero-order valence-corrected chi connectivity index (χ0v) is 9.21. The number of aromatic nitrogens is 1. The smallest absolute Gasteiger partial charge is 0.169 e. The summed E-state index contributed by atoms with van der Waals surface area (Å²) in [4.78, 5) is 0. The molecule has 4 heteroatoms. The fraction of sp³-hybridized carbons (Fsp3) is 0.100. The van der Waals surface area contributed by atoms with Gasteiger partial charge in [0.25, 0.3) is 0 Å². The van der Waals surface area contributed by atoms with Gasteiger partial charge < -0.3 is 10.3 Å². The van der Waals surface area contributed by atoms with Crippen LogP contribution in [0.4, 0.5) is 5.82 Å². The average molecular weight is 253 g/mol. The standard InChI is InChI=1S/C10H9BrN2O/c1-6-7(3-2-4-8(6)11)9-5-10(12)13-14-9/h2-5H,1H3,(H2,12,13). The van der Waals surface area contributed by atoms with Crippen molar-refractivity contribution in [3.63, 3.8) is 0 Å². The first kappa shape index (κ1) is 9.27. The molecular formula is C10H9BrN2O. The van der Waals surface area contributed by atoms with Crippen LogP contribution in [0.2, 0.25) is 0 Å². The number of hydrogen-bond donors (Lipinski definition) is 1. The first-order chi connectivity index (χ1) is 6.68. The van der Waals surface area contributed by atoms with Crippen molar-refractivity contribution >= 4 is 21.7 Å². The summed E-state index contributed by atoms with van der Waals surface area (Å²) in [7, 11) is 0. The lowest BCUT2D eigenvalue weighted by Gasteiger charge is -2.02. The van der Waals surface area contributed by atoms with Gasteiger partial charge in [-0.15, -0.1) is 0 Å². The second-order valence-corrected chi connectivity index (χ2v) is 3.88. The van der Waals surface area contributed by atoms with Crippen LogP contribution in [0, 0.1) is 6.92 Å². The molecule has 0 unspecified atom stereocenters. The Labute approximate surface area is 90.0 Å². The number of nitrogens with zero attached hydrogens (tertiary/aromatic N) is 1. The molecule has 0 aliphatic heterocycles. The van der Waals surface area contributed by atoms with Crippen molar-refractivity contribution in [2.45, 2.75) is 6.92 Å². The molecule has 72 valence electrons. The number of rotatable bonds is 1. The molecule has 0 saturated carbocycles. The summed E-state index contributed by atoms with van der Waals surface area (Å²) >= 11 is 3.46. The lowest BCUT2D eigenvalue weighted by Crippen LogP contribution is -1.82. The summed E-state index contributed by atoms with van der Waals surface area (Å²) in [6, 6.07) is 7.62. The lowest BCUT2D eigenvalue weighted by molar-refractivity contribution is 0.435. The molecule has 2 rings (SSSR count). The van der Waals surface area contributed by atoms with E-state index in [1.165, 1.54) is 0 Å². The van der Waals surface area contributed by atoms with Gasteiger partial charge in [0.1, 0.15) is 0 Å². The minimum Gasteiger partial charge on any atom is -0.381 e. The maximum atomic E-state index is 5.49. The highest BCUT2D eigenvalue weighted by Gasteiger charge is 2.08. The van der Waals surface area contributed by atoms with Crippen LogP contribution in [-0.2, 0) is 0 Å². The Hall–Kier alpha value is -1.29. The van der Waals surface area contributed by atoms with Crippen molar-refractivity contribution in [2.75, 3.05) is 5.73 Å². The number of benzene rings is 1. The SMILES string of the molecule is Cc1c(Br)cccc1-c1cc(N)no1. The predicted octanol–water partition coefficient (Wildman–Crippen LogP) is 2.99. The molecule has 1 heterocycles. The number of nitrogens with two attached hydrogens (primary N) is 1. The summed E-state index contributed by atoms with van der Waals surface area (Å²) in [6.45, 7) is 2.01. The monoisotopic (exact) mass is 252 g/mol. The number of hydrogen-bond acceptors (Lipinski definition) is 3. The van der Waals surface area contributed by atoms with Crippen LogP contribution in [0.15, 0.2) is 33.3 Å². The van der Waals surface area contributed by atoms with Gasteiger partial charge in [0.15, 0.2) is 11.6 Å². The lowest BCUT2D eigenvalue weighted by atomic mass is 10.1. The number of nitrogen functional groups attached to an aromatic ring is 1. The molecule has 0 amide bonds. The molecule has 2 aromatic rings. The molecular weight excluding hydrogens is 244 g/mol. The summed E-state index contributed by atoms with van der Waals surface area (Å²) < 4.78 is 6.14. The van der Waals surface area contributed by atoms with E-state index in [4.69, 9.17) is 10.3 Å². The third-order valence-electron chi connectivity index (χ3n) is 2.06. The van der Waals surface area contributed by atoms with Crippen LogP contribution in [0.1, 0.15) is 5.56 Å². The maximum absolute atomic E-state index is 5.49. The molecule has 14 heavy (non-hydrogen) atoms. The molecule has 0 radical (unpaired) electrons. The van der Waals surface area contributed by atoms with E-state index >= 15 is 0 Å². The number of anilines is 1. The molecule has 3 nitrogen and oxygen atoms in total. The minimum absolute atomic E-state index is 0.402. The maximum Gasteiger partial charge on any atom is 0.169 e. The summed E-state index contributed by atoms with van der Waals surface area (Å²) in [5.74, 6) is 1.10. The molecule has 0 saturated heterocycles. The molecule has 0 atom stereocenters. The Bertz CT molecular complexity index is 465. The van der Waals surface area contributed by atoms with Crippen molar-refractivity contribution in [1.82, 2.24) is 5.16 Å². The van der Waals surface area contributed by atoms with Crippen LogP contribution in [0.25, 0.3) is 11.3 Å². The zero-order chi connectivity index (χ0) is 10.1. The van der Waals surface area contributed by atoms with Crippen LogP contribution in [-0.4, -0.2) is 5.16 Å². The topological polar surface area (TPSA) is 52.0 Å². The predicted molar refractivity (Wildman–Crippen MR) is 58.8 cm³/mol. The molecule has 2 N–H and O–H groups in total. The van der Waals surface area contributed by atoms with E-state index in [-0.39, 0.29) is 0 Å². The van der Waals surface area contributed by atoms with Crippen LogP contribution < -0.4 is 5.73 Å². The molecule has 0 spiro atoms. The minimum atomic E-state index is 0.402. The zero-order valence-electron chi connectivity index (χ0n) is 7.62. The van der Waals surface area contributed by atoms with Gasteiger partial charge >= 0.3 is 0 Å². The largest absolute Gasteiger partial charge is 0.381 e. The summed E-state index contributed by atoms with van der Waals surface area (Å²) in [6.07, 6.45) is 0. The third kappa shape index (κ3) is 1.53. The van der Waals surface area contributed by atoms with Crippen LogP contribution in [0.5, 0.6) is 0 Å².